The number of aromatic nitrogens is 1. The minimum absolute atomic E-state index is 0.000653. The van der Waals surface area contributed by atoms with Crippen molar-refractivity contribution in [2.45, 2.75) is 32.9 Å². The molecule has 1 aliphatic heterocycles. The lowest BCUT2D eigenvalue weighted by Crippen LogP contribution is -2.29. The Hall–Kier alpha value is -2.80. The highest BCUT2D eigenvalue weighted by Gasteiger charge is 2.20. The molecule has 7 heteroatoms. The SMILES string of the molecule is COC(=O)Nc1cc2c(cn1)COc1cc(OCC(N)CC(C)C)ccc1-2. The van der Waals surface area contributed by atoms with Gasteiger partial charge in [-0.1, -0.05) is 13.8 Å². The van der Waals surface area contributed by atoms with E-state index in [0.29, 0.717) is 24.9 Å². The van der Waals surface area contributed by atoms with Crippen LogP contribution in [0.2, 0.25) is 0 Å². The molecule has 1 aromatic heterocycles. The van der Waals surface area contributed by atoms with Crippen molar-refractivity contribution in [3.05, 3.63) is 36.0 Å². The molecule has 3 rings (SSSR count). The largest absolute Gasteiger partial charge is 0.492 e. The molecule has 0 aliphatic carbocycles. The first-order valence-corrected chi connectivity index (χ1v) is 8.95. The number of carbonyl (C=O) groups is 1. The molecule has 1 aliphatic rings. The van der Waals surface area contributed by atoms with Crippen LogP contribution >= 0.6 is 0 Å². The van der Waals surface area contributed by atoms with E-state index in [1.54, 1.807) is 6.20 Å². The maximum Gasteiger partial charge on any atom is 0.412 e. The molecule has 0 spiro atoms. The van der Waals surface area contributed by atoms with Crippen molar-refractivity contribution in [2.24, 2.45) is 11.7 Å². The van der Waals surface area contributed by atoms with Gasteiger partial charge in [0.05, 0.1) is 7.11 Å². The molecule has 27 heavy (non-hydrogen) atoms. The van der Waals surface area contributed by atoms with Gasteiger partial charge < -0.3 is 19.9 Å². The third-order valence-electron chi connectivity index (χ3n) is 4.27. The van der Waals surface area contributed by atoms with Gasteiger partial charge in [0.2, 0.25) is 0 Å². The zero-order chi connectivity index (χ0) is 19.4. The van der Waals surface area contributed by atoms with Crippen molar-refractivity contribution >= 4 is 11.9 Å². The summed E-state index contributed by atoms with van der Waals surface area (Å²) in [7, 11) is 1.31. The molecule has 1 atom stereocenters. The number of amides is 1. The van der Waals surface area contributed by atoms with E-state index < -0.39 is 6.09 Å². The number of nitrogens with one attached hydrogen (secondary N) is 1. The molecule has 2 aromatic rings. The lowest BCUT2D eigenvalue weighted by atomic mass is 9.98. The van der Waals surface area contributed by atoms with Crippen LogP contribution in [-0.2, 0) is 11.3 Å². The van der Waals surface area contributed by atoms with Crippen molar-refractivity contribution in [1.29, 1.82) is 0 Å². The minimum atomic E-state index is -0.559. The topological polar surface area (TPSA) is 95.7 Å². The molecule has 1 aromatic carbocycles. The second-order valence-corrected chi connectivity index (χ2v) is 6.99. The molecule has 0 saturated heterocycles. The lowest BCUT2D eigenvalue weighted by molar-refractivity contribution is 0.187. The van der Waals surface area contributed by atoms with E-state index in [2.05, 4.69) is 28.9 Å². The van der Waals surface area contributed by atoms with Gasteiger partial charge in [0.1, 0.15) is 30.5 Å². The molecule has 1 unspecified atom stereocenters. The number of ether oxygens (including phenoxy) is 3. The number of benzene rings is 1. The minimum Gasteiger partial charge on any atom is -0.492 e. The predicted octanol–water partition coefficient (Wildman–Crippen LogP) is 3.57. The number of hydrogen-bond acceptors (Lipinski definition) is 6. The average Bonchev–Trinajstić information content (AvgIpc) is 2.65. The number of anilines is 1. The van der Waals surface area contributed by atoms with Crippen molar-refractivity contribution in [3.8, 4) is 22.6 Å². The monoisotopic (exact) mass is 371 g/mol. The average molecular weight is 371 g/mol. The van der Waals surface area contributed by atoms with E-state index in [9.17, 15) is 4.79 Å². The normalized spacial score (nSPS) is 13.2. The van der Waals surface area contributed by atoms with Crippen LogP contribution < -0.4 is 20.5 Å². The highest BCUT2D eigenvalue weighted by Crippen LogP contribution is 2.40. The Morgan fingerprint density at radius 1 is 1.33 bits per heavy atom. The van der Waals surface area contributed by atoms with E-state index in [1.165, 1.54) is 7.11 Å². The maximum absolute atomic E-state index is 11.4. The summed E-state index contributed by atoms with van der Waals surface area (Å²) in [6.07, 6.45) is 2.05. The number of rotatable bonds is 6. The number of nitrogens with two attached hydrogens (primary N) is 1. The number of nitrogens with zero attached hydrogens (tertiary/aromatic N) is 1. The first-order valence-electron chi connectivity index (χ1n) is 8.95. The number of hydrogen-bond donors (Lipinski definition) is 2. The standard InChI is InChI=1S/C20H25N3O4/c1-12(2)6-14(21)11-26-15-4-5-16-17-8-19(23-20(24)25-3)22-9-13(17)10-27-18(16)7-15/h4-5,7-9,12,14H,6,10-11,21H2,1-3H3,(H,22,23,24). The summed E-state index contributed by atoms with van der Waals surface area (Å²) < 4.78 is 16.3. The van der Waals surface area contributed by atoms with Crippen molar-refractivity contribution in [2.75, 3.05) is 19.0 Å². The molecule has 2 heterocycles. The first-order chi connectivity index (χ1) is 13.0. The highest BCUT2D eigenvalue weighted by molar-refractivity contribution is 5.85. The summed E-state index contributed by atoms with van der Waals surface area (Å²) >= 11 is 0. The van der Waals surface area contributed by atoms with Crippen LogP contribution in [-0.4, -0.2) is 30.8 Å². The highest BCUT2D eigenvalue weighted by atomic mass is 16.5. The predicted molar refractivity (Wildman–Crippen MR) is 103 cm³/mol. The third kappa shape index (κ3) is 4.68. The molecule has 0 fully saturated rings. The van der Waals surface area contributed by atoms with Gasteiger partial charge in [-0.05, 0) is 36.1 Å². The van der Waals surface area contributed by atoms with E-state index in [-0.39, 0.29) is 6.04 Å². The molecular formula is C20H25N3O4. The van der Waals surface area contributed by atoms with Crippen LogP contribution in [0.25, 0.3) is 11.1 Å². The molecule has 0 saturated carbocycles. The molecule has 3 N–H and O–H groups in total. The lowest BCUT2D eigenvalue weighted by Gasteiger charge is -2.22. The molecule has 144 valence electrons. The summed E-state index contributed by atoms with van der Waals surface area (Å²) in [6.45, 7) is 5.15. The Morgan fingerprint density at radius 2 is 2.15 bits per heavy atom. The summed E-state index contributed by atoms with van der Waals surface area (Å²) in [5, 5.41) is 2.58. The van der Waals surface area contributed by atoms with E-state index in [1.807, 2.05) is 24.3 Å². The fourth-order valence-electron chi connectivity index (χ4n) is 3.04. The molecular weight excluding hydrogens is 346 g/mol. The van der Waals surface area contributed by atoms with Gasteiger partial charge in [-0.15, -0.1) is 0 Å². The Kier molecular flexibility index (Phi) is 5.81. The van der Waals surface area contributed by atoms with Gasteiger partial charge in [0.15, 0.2) is 0 Å². The molecule has 0 bridgehead atoms. The summed E-state index contributed by atoms with van der Waals surface area (Å²) in [5.41, 5.74) is 8.91. The Morgan fingerprint density at radius 3 is 2.89 bits per heavy atom. The Bertz CT molecular complexity index is 823. The second-order valence-electron chi connectivity index (χ2n) is 6.99. The zero-order valence-electron chi connectivity index (χ0n) is 15.8. The van der Waals surface area contributed by atoms with Gasteiger partial charge in [-0.3, -0.25) is 5.32 Å². The van der Waals surface area contributed by atoms with Gasteiger partial charge in [-0.25, -0.2) is 9.78 Å². The number of pyridine rings is 1. The van der Waals surface area contributed by atoms with E-state index >= 15 is 0 Å². The first kappa shape index (κ1) is 19.0. The van der Waals surface area contributed by atoms with Crippen LogP contribution in [0.1, 0.15) is 25.8 Å². The fourth-order valence-corrected chi connectivity index (χ4v) is 3.04. The Labute approximate surface area is 158 Å². The van der Waals surface area contributed by atoms with Crippen LogP contribution in [0.5, 0.6) is 11.5 Å². The van der Waals surface area contributed by atoms with Crippen LogP contribution in [0.3, 0.4) is 0 Å². The van der Waals surface area contributed by atoms with Gasteiger partial charge >= 0.3 is 6.09 Å². The van der Waals surface area contributed by atoms with E-state index in [0.717, 1.165) is 34.6 Å². The van der Waals surface area contributed by atoms with E-state index in [4.69, 9.17) is 15.2 Å². The van der Waals surface area contributed by atoms with Crippen LogP contribution in [0.15, 0.2) is 30.5 Å². The molecule has 7 nitrogen and oxygen atoms in total. The quantitative estimate of drug-likeness (QED) is 0.806. The number of carbonyl (C=O) groups excluding carboxylic acids is 1. The van der Waals surface area contributed by atoms with Crippen molar-refractivity contribution in [3.63, 3.8) is 0 Å². The Balaban J connectivity index is 1.77. The van der Waals surface area contributed by atoms with Crippen molar-refractivity contribution in [1.82, 2.24) is 4.98 Å². The summed E-state index contributed by atoms with van der Waals surface area (Å²) in [4.78, 5) is 15.6. The summed E-state index contributed by atoms with van der Waals surface area (Å²) in [5.74, 6) is 2.41. The van der Waals surface area contributed by atoms with Gasteiger partial charge in [-0.2, -0.15) is 0 Å². The van der Waals surface area contributed by atoms with Crippen LogP contribution in [0, 0.1) is 5.92 Å². The second kappa shape index (κ2) is 8.26. The van der Waals surface area contributed by atoms with Crippen molar-refractivity contribution < 1.29 is 19.0 Å². The molecule has 0 radical (unpaired) electrons. The third-order valence-corrected chi connectivity index (χ3v) is 4.27. The van der Waals surface area contributed by atoms with Gasteiger partial charge in [0, 0.05) is 29.4 Å². The number of fused-ring (bicyclic) bond motifs is 3. The zero-order valence-corrected chi connectivity index (χ0v) is 15.8. The summed E-state index contributed by atoms with van der Waals surface area (Å²) in [6, 6.07) is 7.52. The van der Waals surface area contributed by atoms with Crippen LogP contribution in [0.4, 0.5) is 10.6 Å². The molecule has 1 amide bonds. The van der Waals surface area contributed by atoms with Gasteiger partial charge in [0.25, 0.3) is 0 Å². The smallest absolute Gasteiger partial charge is 0.412 e. The fraction of sp³-hybridized carbons (Fsp3) is 0.400. The number of methoxy groups -OCH3 is 1. The maximum atomic E-state index is 11.4.